The number of carbonyl (C=O) groups excluding carboxylic acids is 5. The first-order valence-electron chi connectivity index (χ1n) is 10.6. The van der Waals surface area contributed by atoms with E-state index < -0.39 is 84.9 Å². The Hall–Kier alpha value is -4.73. The monoisotopic (exact) mass is 524 g/mol. The van der Waals surface area contributed by atoms with Gasteiger partial charge in [-0.3, -0.25) is 28.8 Å². The van der Waals surface area contributed by atoms with E-state index >= 15 is 0 Å². The van der Waals surface area contributed by atoms with E-state index in [4.69, 9.17) is 22.3 Å². The summed E-state index contributed by atoms with van der Waals surface area (Å²) in [6.45, 7) is 0. The third-order valence-corrected chi connectivity index (χ3v) is 4.80. The number of benzene rings is 1. The topological polar surface area (TPSA) is 294 Å². The summed E-state index contributed by atoms with van der Waals surface area (Å²) in [6, 6.07) is -1.06. The van der Waals surface area contributed by atoms with Crippen molar-refractivity contribution in [3.8, 4) is 5.75 Å². The summed E-state index contributed by atoms with van der Waals surface area (Å²) in [5.41, 5.74) is 16.1. The Morgan fingerprint density at radius 1 is 0.703 bits per heavy atom. The van der Waals surface area contributed by atoms with Gasteiger partial charge in [-0.25, -0.2) is 4.79 Å². The van der Waals surface area contributed by atoms with Crippen LogP contribution in [0.1, 0.15) is 24.8 Å². The molecule has 0 aromatic heterocycles. The summed E-state index contributed by atoms with van der Waals surface area (Å²) in [5, 5.41) is 33.9. The zero-order valence-electron chi connectivity index (χ0n) is 19.4. The van der Waals surface area contributed by atoms with E-state index in [2.05, 4.69) is 10.6 Å². The predicted molar refractivity (Wildman–Crippen MR) is 123 cm³/mol. The van der Waals surface area contributed by atoms with Crippen LogP contribution in [0.15, 0.2) is 24.3 Å². The molecule has 0 bridgehead atoms. The number of phenolic OH excluding ortho intramolecular Hbond substituents is 1. The Bertz CT molecular complexity index is 1040. The zero-order chi connectivity index (χ0) is 28.3. The number of carboxylic acids is 2. The number of rotatable bonds is 15. The molecule has 0 saturated heterocycles. The molecule has 0 spiro atoms. The van der Waals surface area contributed by atoms with Gasteiger partial charge in [-0.15, -0.1) is 0 Å². The molecule has 4 unspecified atom stereocenters. The molecule has 16 heteroatoms. The normalized spacial score (nSPS) is 13.8. The number of phenols is 1. The maximum atomic E-state index is 12.8. The molecule has 1 aromatic carbocycles. The number of nitrogens with one attached hydrogen (secondary N) is 3. The van der Waals surface area contributed by atoms with Crippen LogP contribution in [0.2, 0.25) is 0 Å². The second-order valence-electron chi connectivity index (χ2n) is 7.94. The summed E-state index contributed by atoms with van der Waals surface area (Å²) in [6.07, 6.45) is -2.57. The van der Waals surface area contributed by atoms with E-state index in [1.165, 1.54) is 24.3 Å². The fraction of sp³-hybridized carbons (Fsp3) is 0.381. The maximum absolute atomic E-state index is 12.8. The van der Waals surface area contributed by atoms with Crippen molar-refractivity contribution in [1.82, 2.24) is 16.0 Å². The highest BCUT2D eigenvalue weighted by molar-refractivity contribution is 5.98. The third kappa shape index (κ3) is 11.0. The summed E-state index contributed by atoms with van der Waals surface area (Å²) in [5.74, 6) is -8.43. The van der Waals surface area contributed by atoms with Gasteiger partial charge in [0.25, 0.3) is 0 Å². The highest BCUT2D eigenvalue weighted by Gasteiger charge is 2.32. The van der Waals surface area contributed by atoms with Crippen LogP contribution in [0.5, 0.6) is 5.75 Å². The van der Waals surface area contributed by atoms with Gasteiger partial charge in [0, 0.05) is 6.42 Å². The van der Waals surface area contributed by atoms with Gasteiger partial charge in [0.2, 0.25) is 29.5 Å². The Labute approximate surface area is 209 Å². The van der Waals surface area contributed by atoms with E-state index in [0.29, 0.717) is 5.56 Å². The van der Waals surface area contributed by atoms with Crippen LogP contribution in [-0.4, -0.2) is 81.0 Å². The van der Waals surface area contributed by atoms with Crippen molar-refractivity contribution in [2.24, 2.45) is 17.2 Å². The number of primary amides is 2. The molecule has 0 saturated carbocycles. The van der Waals surface area contributed by atoms with E-state index in [1.54, 1.807) is 0 Å². The second kappa shape index (κ2) is 14.0. The Morgan fingerprint density at radius 3 is 1.54 bits per heavy atom. The zero-order valence-corrected chi connectivity index (χ0v) is 19.4. The quantitative estimate of drug-likeness (QED) is 0.107. The number of hydrogen-bond donors (Lipinski definition) is 9. The first-order valence-corrected chi connectivity index (χ1v) is 10.6. The minimum atomic E-state index is -1.72. The molecule has 0 radical (unpaired) electrons. The van der Waals surface area contributed by atoms with E-state index in [0.717, 1.165) is 0 Å². The molecule has 0 aliphatic carbocycles. The molecule has 0 heterocycles. The first kappa shape index (κ1) is 30.3. The van der Waals surface area contributed by atoms with Crippen LogP contribution in [0.4, 0.5) is 0 Å². The minimum absolute atomic E-state index is 0.0644. The van der Waals surface area contributed by atoms with Crippen LogP contribution < -0.4 is 33.2 Å². The Morgan fingerprint density at radius 2 is 1.14 bits per heavy atom. The van der Waals surface area contributed by atoms with Crippen molar-refractivity contribution in [3.63, 3.8) is 0 Å². The molecule has 0 fully saturated rings. The SMILES string of the molecule is NC(=O)CC(NC(=O)C(N)CC(=O)O)C(=O)NC(CC(N)=O)C(=O)NC(Cc1ccc(O)cc1)C(=O)O. The van der Waals surface area contributed by atoms with Gasteiger partial charge >= 0.3 is 11.9 Å². The molecule has 4 atom stereocenters. The van der Waals surface area contributed by atoms with Crippen molar-refractivity contribution < 1.29 is 48.9 Å². The number of amides is 5. The van der Waals surface area contributed by atoms with Crippen molar-refractivity contribution >= 4 is 41.5 Å². The molecule has 202 valence electrons. The fourth-order valence-electron chi connectivity index (χ4n) is 2.99. The van der Waals surface area contributed by atoms with Gasteiger partial charge in [-0.1, -0.05) is 12.1 Å². The first-order chi connectivity index (χ1) is 17.2. The lowest BCUT2D eigenvalue weighted by Gasteiger charge is -2.24. The molecular formula is C21H28N6O10. The summed E-state index contributed by atoms with van der Waals surface area (Å²) < 4.78 is 0. The van der Waals surface area contributed by atoms with Crippen LogP contribution >= 0.6 is 0 Å². The molecular weight excluding hydrogens is 496 g/mol. The molecule has 0 aliphatic rings. The smallest absolute Gasteiger partial charge is 0.326 e. The van der Waals surface area contributed by atoms with E-state index in [-0.39, 0.29) is 12.2 Å². The number of aromatic hydroxyl groups is 1. The van der Waals surface area contributed by atoms with Gasteiger partial charge in [-0.2, -0.15) is 0 Å². The third-order valence-electron chi connectivity index (χ3n) is 4.80. The highest BCUT2D eigenvalue weighted by Crippen LogP contribution is 2.12. The summed E-state index contributed by atoms with van der Waals surface area (Å²) >= 11 is 0. The van der Waals surface area contributed by atoms with Crippen molar-refractivity contribution in [2.75, 3.05) is 0 Å². The van der Waals surface area contributed by atoms with Crippen molar-refractivity contribution in [1.29, 1.82) is 0 Å². The predicted octanol–water partition coefficient (Wildman–Crippen LogP) is -3.97. The number of nitrogens with two attached hydrogens (primary N) is 3. The number of hydrogen-bond acceptors (Lipinski definition) is 9. The average molecular weight is 524 g/mol. The van der Waals surface area contributed by atoms with Gasteiger partial charge in [0.05, 0.1) is 25.3 Å². The van der Waals surface area contributed by atoms with Gasteiger partial charge in [-0.05, 0) is 17.7 Å². The molecule has 37 heavy (non-hydrogen) atoms. The average Bonchev–Trinajstić information content (AvgIpc) is 2.77. The minimum Gasteiger partial charge on any atom is -0.508 e. The Balaban J connectivity index is 3.04. The van der Waals surface area contributed by atoms with Crippen LogP contribution in [0.3, 0.4) is 0 Å². The van der Waals surface area contributed by atoms with Crippen molar-refractivity contribution in [3.05, 3.63) is 29.8 Å². The molecule has 1 aromatic rings. The summed E-state index contributed by atoms with van der Waals surface area (Å²) in [4.78, 5) is 82.9. The Kier molecular flexibility index (Phi) is 11.4. The number of carboxylic acid groups (broad SMARTS) is 2. The van der Waals surface area contributed by atoms with Gasteiger partial charge < -0.3 is 48.5 Å². The fourth-order valence-corrected chi connectivity index (χ4v) is 2.99. The molecule has 5 amide bonds. The maximum Gasteiger partial charge on any atom is 0.326 e. The molecule has 12 N–H and O–H groups in total. The lowest BCUT2D eigenvalue weighted by molar-refractivity contribution is -0.142. The largest absolute Gasteiger partial charge is 0.508 e. The highest BCUT2D eigenvalue weighted by atomic mass is 16.4. The number of carbonyl (C=O) groups is 7. The molecule has 0 aliphatic heterocycles. The molecule has 1 rings (SSSR count). The summed E-state index contributed by atoms with van der Waals surface area (Å²) in [7, 11) is 0. The van der Waals surface area contributed by atoms with Crippen LogP contribution in [0.25, 0.3) is 0 Å². The standard InChI is InChI=1S/C21H28N6O10/c22-11(6-17(31)32)18(33)25-12(7-15(23)29)19(34)26-13(8-16(24)30)20(35)27-14(21(36)37)5-9-1-3-10(28)4-2-9/h1-4,11-14,28H,5-8,22H2,(H2,23,29)(H2,24,30)(H,25,33)(H,26,34)(H,27,35)(H,31,32)(H,36,37). The van der Waals surface area contributed by atoms with Crippen molar-refractivity contribution in [2.45, 2.75) is 49.9 Å². The van der Waals surface area contributed by atoms with Gasteiger partial charge in [0.1, 0.15) is 23.9 Å². The second-order valence-corrected chi connectivity index (χ2v) is 7.94. The van der Waals surface area contributed by atoms with E-state index in [1.807, 2.05) is 5.32 Å². The van der Waals surface area contributed by atoms with Gasteiger partial charge in [0.15, 0.2) is 0 Å². The van der Waals surface area contributed by atoms with Crippen LogP contribution in [-0.2, 0) is 40.0 Å². The van der Waals surface area contributed by atoms with E-state index in [9.17, 15) is 43.8 Å². The lowest BCUT2D eigenvalue weighted by Crippen LogP contribution is -2.58. The van der Waals surface area contributed by atoms with Crippen LogP contribution in [0, 0.1) is 0 Å². The molecule has 16 nitrogen and oxygen atoms in total. The lowest BCUT2D eigenvalue weighted by atomic mass is 10.0. The number of aliphatic carboxylic acids is 2.